The van der Waals surface area contributed by atoms with Gasteiger partial charge in [0, 0.05) is 12.0 Å². The first-order valence-electron chi connectivity index (χ1n) is 6.60. The Hall–Kier alpha value is -1.81. The number of hydrogen-bond donors (Lipinski definition) is 1. The maximum absolute atomic E-state index is 12.7. The van der Waals surface area contributed by atoms with Gasteiger partial charge in [-0.2, -0.15) is 0 Å². The van der Waals surface area contributed by atoms with Crippen LogP contribution >= 0.6 is 0 Å². The van der Waals surface area contributed by atoms with Crippen LogP contribution in [0.3, 0.4) is 0 Å². The van der Waals surface area contributed by atoms with E-state index in [0.29, 0.717) is 17.8 Å². The molecular weight excluding hydrogens is 240 g/mol. The lowest BCUT2D eigenvalue weighted by atomic mass is 9.93. The van der Waals surface area contributed by atoms with Crippen molar-refractivity contribution >= 4 is 16.6 Å². The number of rotatable bonds is 1. The van der Waals surface area contributed by atoms with Gasteiger partial charge in [-0.3, -0.25) is 9.36 Å². The van der Waals surface area contributed by atoms with Crippen LogP contribution in [0, 0.1) is 0 Å². The molecule has 0 amide bonds. The average molecular weight is 258 g/mol. The predicted molar refractivity (Wildman–Crippen MR) is 76.3 cm³/mol. The summed E-state index contributed by atoms with van der Waals surface area (Å²) in [6.07, 6.45) is 1.87. The zero-order valence-electron chi connectivity index (χ0n) is 11.1. The molecule has 0 radical (unpaired) electrons. The van der Waals surface area contributed by atoms with Crippen LogP contribution in [0.2, 0.25) is 0 Å². The fourth-order valence-corrected chi connectivity index (χ4v) is 2.93. The van der Waals surface area contributed by atoms with Crippen LogP contribution in [0.5, 0.6) is 0 Å². The fourth-order valence-electron chi connectivity index (χ4n) is 2.93. The molecule has 1 aromatic carbocycles. The van der Waals surface area contributed by atoms with Crippen molar-refractivity contribution in [1.82, 2.24) is 4.57 Å². The third kappa shape index (κ3) is 1.92. The minimum atomic E-state index is -0.344. The highest BCUT2D eigenvalue weighted by Gasteiger charge is 2.32. The molecular formula is C15H18N2O2. The molecule has 1 aliphatic rings. The summed E-state index contributed by atoms with van der Waals surface area (Å²) < 4.78 is 7.25. The maximum atomic E-state index is 12.7. The summed E-state index contributed by atoms with van der Waals surface area (Å²) in [6, 6.07) is 9.43. The van der Waals surface area contributed by atoms with E-state index in [-0.39, 0.29) is 11.1 Å². The SMILES string of the molecule is CC1(n2c(N)cc3ccccc3c2=O)CCCOC1. The van der Waals surface area contributed by atoms with Crippen LogP contribution in [0.15, 0.2) is 35.1 Å². The third-order valence-corrected chi connectivity index (χ3v) is 3.91. The van der Waals surface area contributed by atoms with Gasteiger partial charge in [0.25, 0.3) is 5.56 Å². The van der Waals surface area contributed by atoms with E-state index in [2.05, 4.69) is 0 Å². The van der Waals surface area contributed by atoms with Gasteiger partial charge in [-0.1, -0.05) is 18.2 Å². The van der Waals surface area contributed by atoms with Crippen molar-refractivity contribution in [2.45, 2.75) is 25.3 Å². The number of anilines is 1. The van der Waals surface area contributed by atoms with Gasteiger partial charge in [0.2, 0.25) is 0 Å². The molecule has 1 atom stereocenters. The van der Waals surface area contributed by atoms with E-state index >= 15 is 0 Å². The number of hydrogen-bond acceptors (Lipinski definition) is 3. The topological polar surface area (TPSA) is 57.2 Å². The first-order valence-corrected chi connectivity index (χ1v) is 6.60. The summed E-state index contributed by atoms with van der Waals surface area (Å²) >= 11 is 0. The van der Waals surface area contributed by atoms with E-state index in [0.717, 1.165) is 24.8 Å². The second-order valence-electron chi connectivity index (χ2n) is 5.45. The van der Waals surface area contributed by atoms with Gasteiger partial charge < -0.3 is 10.5 Å². The summed E-state index contributed by atoms with van der Waals surface area (Å²) in [7, 11) is 0. The number of fused-ring (bicyclic) bond motifs is 1. The molecule has 0 saturated carbocycles. The molecule has 2 heterocycles. The predicted octanol–water partition coefficient (Wildman–Crippen LogP) is 2.11. The second-order valence-corrected chi connectivity index (χ2v) is 5.45. The summed E-state index contributed by atoms with van der Waals surface area (Å²) in [5.41, 5.74) is 5.74. The number of nitrogens with two attached hydrogens (primary N) is 1. The number of ether oxygens (including phenoxy) is 1. The van der Waals surface area contributed by atoms with Crippen LogP contribution in [0.25, 0.3) is 10.8 Å². The van der Waals surface area contributed by atoms with Gasteiger partial charge in [0.1, 0.15) is 5.82 Å². The lowest BCUT2D eigenvalue weighted by Gasteiger charge is -2.36. The summed E-state index contributed by atoms with van der Waals surface area (Å²) in [5, 5.41) is 1.60. The highest BCUT2D eigenvalue weighted by molar-refractivity contribution is 5.83. The molecule has 3 rings (SSSR count). The van der Waals surface area contributed by atoms with E-state index in [9.17, 15) is 4.79 Å². The normalized spacial score (nSPS) is 23.6. The first-order chi connectivity index (χ1) is 9.12. The zero-order chi connectivity index (χ0) is 13.5. The average Bonchev–Trinajstić information content (AvgIpc) is 2.39. The van der Waals surface area contributed by atoms with E-state index < -0.39 is 0 Å². The largest absolute Gasteiger partial charge is 0.385 e. The minimum absolute atomic E-state index is 0.0244. The van der Waals surface area contributed by atoms with Crippen LogP contribution < -0.4 is 11.3 Å². The van der Waals surface area contributed by atoms with Gasteiger partial charge >= 0.3 is 0 Å². The minimum Gasteiger partial charge on any atom is -0.385 e. The van der Waals surface area contributed by atoms with Crippen LogP contribution in [-0.4, -0.2) is 17.8 Å². The van der Waals surface area contributed by atoms with Gasteiger partial charge in [0.05, 0.1) is 12.1 Å². The van der Waals surface area contributed by atoms with Crippen molar-refractivity contribution in [3.8, 4) is 0 Å². The lowest BCUT2D eigenvalue weighted by molar-refractivity contribution is 0.00917. The molecule has 0 spiro atoms. The van der Waals surface area contributed by atoms with Crippen molar-refractivity contribution in [2.24, 2.45) is 0 Å². The van der Waals surface area contributed by atoms with E-state index in [4.69, 9.17) is 10.5 Å². The lowest BCUT2D eigenvalue weighted by Crippen LogP contribution is -2.45. The quantitative estimate of drug-likeness (QED) is 0.852. The smallest absolute Gasteiger partial charge is 0.260 e. The highest BCUT2D eigenvalue weighted by atomic mass is 16.5. The molecule has 2 aromatic rings. The number of nitrogens with zero attached hydrogens (tertiary/aromatic N) is 1. The molecule has 1 saturated heterocycles. The molecule has 0 bridgehead atoms. The van der Waals surface area contributed by atoms with Crippen molar-refractivity contribution in [2.75, 3.05) is 18.9 Å². The summed E-state index contributed by atoms with van der Waals surface area (Å²) in [4.78, 5) is 12.7. The Morgan fingerprint density at radius 3 is 2.89 bits per heavy atom. The fraction of sp³-hybridized carbons (Fsp3) is 0.400. The molecule has 2 N–H and O–H groups in total. The van der Waals surface area contributed by atoms with Gasteiger partial charge in [-0.25, -0.2) is 0 Å². The van der Waals surface area contributed by atoms with E-state index in [1.807, 2.05) is 37.3 Å². The van der Waals surface area contributed by atoms with Crippen LogP contribution in [-0.2, 0) is 10.3 Å². The Bertz CT molecular complexity index is 669. The Kier molecular flexibility index (Phi) is 2.82. The van der Waals surface area contributed by atoms with Gasteiger partial charge in [-0.15, -0.1) is 0 Å². The third-order valence-electron chi connectivity index (χ3n) is 3.91. The molecule has 100 valence electrons. The molecule has 19 heavy (non-hydrogen) atoms. The Labute approximate surface area is 111 Å². The van der Waals surface area contributed by atoms with Crippen LogP contribution in [0.4, 0.5) is 5.82 Å². The summed E-state index contributed by atoms with van der Waals surface area (Å²) in [6.45, 7) is 3.34. The van der Waals surface area contributed by atoms with E-state index in [1.54, 1.807) is 4.57 Å². The second kappa shape index (κ2) is 4.38. The molecule has 1 aliphatic heterocycles. The highest BCUT2D eigenvalue weighted by Crippen LogP contribution is 2.29. The van der Waals surface area contributed by atoms with Gasteiger partial charge in [-0.05, 0) is 37.3 Å². The molecule has 1 fully saturated rings. The van der Waals surface area contributed by atoms with Crippen molar-refractivity contribution in [3.05, 3.63) is 40.7 Å². The summed E-state index contributed by atoms with van der Waals surface area (Å²) in [5.74, 6) is 0.511. The van der Waals surface area contributed by atoms with Crippen LogP contribution in [0.1, 0.15) is 19.8 Å². The van der Waals surface area contributed by atoms with Crippen molar-refractivity contribution < 1.29 is 4.74 Å². The molecule has 1 unspecified atom stereocenters. The molecule has 4 nitrogen and oxygen atoms in total. The standard InChI is InChI=1S/C15H18N2O2/c1-15(7-4-8-19-10-15)17-13(16)9-11-5-2-3-6-12(11)14(17)18/h2-3,5-6,9H,4,7-8,10,16H2,1H3. The molecule has 4 heteroatoms. The number of benzene rings is 1. The Morgan fingerprint density at radius 1 is 1.37 bits per heavy atom. The Morgan fingerprint density at radius 2 is 2.16 bits per heavy atom. The van der Waals surface area contributed by atoms with Crippen molar-refractivity contribution in [1.29, 1.82) is 0 Å². The maximum Gasteiger partial charge on any atom is 0.260 e. The van der Waals surface area contributed by atoms with E-state index in [1.165, 1.54) is 0 Å². The van der Waals surface area contributed by atoms with Gasteiger partial charge in [0.15, 0.2) is 0 Å². The molecule has 0 aliphatic carbocycles. The Balaban J connectivity index is 2.26. The first kappa shape index (κ1) is 12.2. The number of aromatic nitrogens is 1. The number of pyridine rings is 1. The monoisotopic (exact) mass is 258 g/mol. The number of nitrogen functional groups attached to an aromatic ring is 1. The zero-order valence-corrected chi connectivity index (χ0v) is 11.1. The molecule has 1 aromatic heterocycles. The van der Waals surface area contributed by atoms with Crippen molar-refractivity contribution in [3.63, 3.8) is 0 Å².